The molecule has 0 unspecified atom stereocenters. The van der Waals surface area contributed by atoms with E-state index >= 15 is 0 Å². The van der Waals surface area contributed by atoms with Crippen LogP contribution in [0.2, 0.25) is 0 Å². The molecule has 6 nitrogen and oxygen atoms in total. The number of aromatic nitrogens is 3. The number of hydrogen-bond acceptors (Lipinski definition) is 4. The average molecular weight is 367 g/mol. The Labute approximate surface area is 130 Å². The van der Waals surface area contributed by atoms with E-state index < -0.39 is 10.0 Å². The first-order chi connectivity index (χ1) is 9.92. The summed E-state index contributed by atoms with van der Waals surface area (Å²) in [6, 6.07) is 10.7. The number of halogens is 1. The van der Waals surface area contributed by atoms with E-state index in [1.54, 1.807) is 29.1 Å². The van der Waals surface area contributed by atoms with E-state index in [9.17, 15) is 8.42 Å². The normalized spacial score (nSPS) is 11.7. The van der Waals surface area contributed by atoms with Crippen molar-refractivity contribution in [3.8, 4) is 5.69 Å². The summed E-state index contributed by atoms with van der Waals surface area (Å²) in [7, 11) is -3.31. The van der Waals surface area contributed by atoms with E-state index in [4.69, 9.17) is 0 Å². The molecule has 0 amide bonds. The molecule has 0 fully saturated rings. The van der Waals surface area contributed by atoms with Crippen molar-refractivity contribution in [1.29, 1.82) is 0 Å². The smallest absolute Gasteiger partial charge is 0.229 e. The number of hydrogen-bond donors (Lipinski definition) is 1. The summed E-state index contributed by atoms with van der Waals surface area (Å²) in [6.07, 6.45) is 2.77. The van der Waals surface area contributed by atoms with Crippen LogP contribution in [-0.2, 0) is 10.0 Å². The summed E-state index contributed by atoms with van der Waals surface area (Å²) in [5.41, 5.74) is 2.73. The predicted molar refractivity (Wildman–Crippen MR) is 85.0 cm³/mol. The van der Waals surface area contributed by atoms with Crippen molar-refractivity contribution in [2.75, 3.05) is 11.0 Å². The molecular formula is C13H11BrN4O2S. The molecule has 1 N–H and O–H groups in total. The number of nitrogens with zero attached hydrogens (tertiary/aromatic N) is 3. The first-order valence-corrected chi connectivity index (χ1v) is 8.69. The van der Waals surface area contributed by atoms with Crippen molar-refractivity contribution < 1.29 is 8.42 Å². The van der Waals surface area contributed by atoms with Gasteiger partial charge in [-0.15, -0.1) is 0 Å². The number of benzene rings is 1. The van der Waals surface area contributed by atoms with E-state index in [0.29, 0.717) is 15.9 Å². The monoisotopic (exact) mass is 366 g/mol. The topological polar surface area (TPSA) is 76.9 Å². The molecule has 1 aromatic carbocycles. The van der Waals surface area contributed by atoms with Gasteiger partial charge in [-0.1, -0.05) is 6.07 Å². The van der Waals surface area contributed by atoms with Crippen LogP contribution in [0.25, 0.3) is 16.9 Å². The fourth-order valence-electron chi connectivity index (χ4n) is 1.99. The molecule has 0 atom stereocenters. The molecule has 0 saturated carbocycles. The lowest BCUT2D eigenvalue weighted by Gasteiger charge is -2.08. The number of sulfonamides is 1. The van der Waals surface area contributed by atoms with Gasteiger partial charge in [-0.05, 0) is 46.3 Å². The summed E-state index contributed by atoms with van der Waals surface area (Å²) in [5.74, 6) is 0. The Bertz CT molecular complexity index is 921. The van der Waals surface area contributed by atoms with E-state index in [-0.39, 0.29) is 0 Å². The second kappa shape index (κ2) is 5.12. The Morgan fingerprint density at radius 1 is 1.24 bits per heavy atom. The Hall–Kier alpha value is -1.93. The van der Waals surface area contributed by atoms with Crippen molar-refractivity contribution >= 4 is 42.8 Å². The lowest BCUT2D eigenvalue weighted by molar-refractivity contribution is 0.607. The Morgan fingerprint density at radius 2 is 2.05 bits per heavy atom. The second-order valence-corrected chi connectivity index (χ2v) is 7.08. The second-order valence-electron chi connectivity index (χ2n) is 4.52. The van der Waals surface area contributed by atoms with E-state index in [2.05, 4.69) is 30.6 Å². The molecule has 2 aromatic heterocycles. The van der Waals surface area contributed by atoms with Crippen LogP contribution in [-0.4, -0.2) is 29.2 Å². The van der Waals surface area contributed by atoms with Gasteiger partial charge >= 0.3 is 0 Å². The number of pyridine rings is 1. The van der Waals surface area contributed by atoms with Crippen molar-refractivity contribution in [3.05, 3.63) is 47.3 Å². The number of imidazole rings is 1. The lowest BCUT2D eigenvalue weighted by atomic mass is 10.3. The molecule has 0 aliphatic rings. The van der Waals surface area contributed by atoms with E-state index in [1.165, 1.54) is 0 Å². The fraction of sp³-hybridized carbons (Fsp3) is 0.0769. The molecular weight excluding hydrogens is 356 g/mol. The van der Waals surface area contributed by atoms with Gasteiger partial charge in [-0.3, -0.25) is 9.29 Å². The Kier molecular flexibility index (Phi) is 3.42. The van der Waals surface area contributed by atoms with Crippen LogP contribution >= 0.6 is 15.9 Å². The zero-order valence-electron chi connectivity index (χ0n) is 11.0. The maximum Gasteiger partial charge on any atom is 0.229 e. The van der Waals surface area contributed by atoms with Gasteiger partial charge in [0.15, 0.2) is 5.65 Å². The van der Waals surface area contributed by atoms with Gasteiger partial charge in [-0.2, -0.15) is 0 Å². The van der Waals surface area contributed by atoms with Crippen LogP contribution in [0, 0.1) is 0 Å². The van der Waals surface area contributed by atoms with Crippen LogP contribution in [0.3, 0.4) is 0 Å². The molecule has 21 heavy (non-hydrogen) atoms. The van der Waals surface area contributed by atoms with Crippen molar-refractivity contribution in [2.24, 2.45) is 0 Å². The van der Waals surface area contributed by atoms with E-state index in [1.807, 2.05) is 18.2 Å². The molecule has 0 aliphatic heterocycles. The minimum Gasteiger partial charge on any atom is -0.284 e. The average Bonchev–Trinajstić information content (AvgIpc) is 2.80. The molecule has 3 rings (SSSR count). The number of fused-ring (bicyclic) bond motifs is 1. The molecule has 8 heteroatoms. The molecule has 0 aliphatic carbocycles. The highest BCUT2D eigenvalue weighted by atomic mass is 79.9. The highest BCUT2D eigenvalue weighted by Crippen LogP contribution is 2.21. The minimum atomic E-state index is -3.31. The molecule has 2 heterocycles. The van der Waals surface area contributed by atoms with Crippen LogP contribution < -0.4 is 4.72 Å². The predicted octanol–water partition coefficient (Wildman–Crippen LogP) is 2.55. The molecule has 0 saturated heterocycles. The molecule has 0 bridgehead atoms. The van der Waals surface area contributed by atoms with Gasteiger partial charge in [0, 0.05) is 0 Å². The first-order valence-electron chi connectivity index (χ1n) is 6.00. The van der Waals surface area contributed by atoms with Crippen LogP contribution in [0.5, 0.6) is 0 Å². The number of nitrogens with one attached hydrogen (secondary N) is 1. The zero-order valence-corrected chi connectivity index (χ0v) is 13.4. The number of rotatable bonds is 3. The van der Waals surface area contributed by atoms with Gasteiger partial charge < -0.3 is 0 Å². The third-order valence-electron chi connectivity index (χ3n) is 2.79. The van der Waals surface area contributed by atoms with Gasteiger partial charge in [-0.25, -0.2) is 18.4 Å². The highest BCUT2D eigenvalue weighted by Gasteiger charge is 2.08. The van der Waals surface area contributed by atoms with E-state index in [0.717, 1.165) is 17.5 Å². The third kappa shape index (κ3) is 3.06. The lowest BCUT2D eigenvalue weighted by Crippen LogP contribution is -2.09. The van der Waals surface area contributed by atoms with Crippen molar-refractivity contribution in [1.82, 2.24) is 14.5 Å². The van der Waals surface area contributed by atoms with Crippen LogP contribution in [0.15, 0.2) is 47.3 Å². The van der Waals surface area contributed by atoms with Gasteiger partial charge in [0.1, 0.15) is 16.4 Å². The van der Waals surface area contributed by atoms with Crippen LogP contribution in [0.1, 0.15) is 0 Å². The van der Waals surface area contributed by atoms with Crippen molar-refractivity contribution in [2.45, 2.75) is 0 Å². The SMILES string of the molecule is CS(=O)(=O)Nc1cccc(-n2cnc3ccc(Br)nc32)c1. The van der Waals surface area contributed by atoms with Crippen LogP contribution in [0.4, 0.5) is 5.69 Å². The van der Waals surface area contributed by atoms with Gasteiger partial charge in [0.05, 0.1) is 17.6 Å². The molecule has 3 aromatic rings. The quantitative estimate of drug-likeness (QED) is 0.722. The largest absolute Gasteiger partial charge is 0.284 e. The molecule has 108 valence electrons. The maximum absolute atomic E-state index is 11.3. The zero-order chi connectivity index (χ0) is 15.0. The summed E-state index contributed by atoms with van der Waals surface area (Å²) in [5, 5.41) is 0. The van der Waals surface area contributed by atoms with Crippen molar-refractivity contribution in [3.63, 3.8) is 0 Å². The minimum absolute atomic E-state index is 0.492. The standard InChI is InChI=1S/C13H11BrN4O2S/c1-21(19,20)17-9-3-2-4-10(7-9)18-8-15-11-5-6-12(14)16-13(11)18/h2-8,17H,1H3. The third-order valence-corrected chi connectivity index (χ3v) is 3.84. The van der Waals surface area contributed by atoms with Gasteiger partial charge in [0.25, 0.3) is 0 Å². The summed E-state index contributed by atoms with van der Waals surface area (Å²) in [6.45, 7) is 0. The molecule has 0 spiro atoms. The highest BCUT2D eigenvalue weighted by molar-refractivity contribution is 9.10. The summed E-state index contributed by atoms with van der Waals surface area (Å²) >= 11 is 3.33. The fourth-order valence-corrected chi connectivity index (χ4v) is 2.85. The van der Waals surface area contributed by atoms with Gasteiger partial charge in [0.2, 0.25) is 10.0 Å². The summed E-state index contributed by atoms with van der Waals surface area (Å²) < 4.78 is 27.6. The first kappa shape index (κ1) is 14.0. The maximum atomic E-state index is 11.3. The molecule has 0 radical (unpaired) electrons. The summed E-state index contributed by atoms with van der Waals surface area (Å²) in [4.78, 5) is 8.68. The Morgan fingerprint density at radius 3 is 2.81 bits per heavy atom. The number of anilines is 1. The Balaban J connectivity index is 2.10.